The summed E-state index contributed by atoms with van der Waals surface area (Å²) in [6, 6.07) is 10.6. The summed E-state index contributed by atoms with van der Waals surface area (Å²) in [5.41, 5.74) is 2.55. The number of carbonyl (C=O) groups excluding carboxylic acids is 2. The number of anilines is 2. The van der Waals surface area contributed by atoms with Gasteiger partial charge in [-0.05, 0) is 62.9 Å². The molecule has 0 unspecified atom stereocenters. The predicted octanol–water partition coefficient (Wildman–Crippen LogP) is 3.51. The van der Waals surface area contributed by atoms with E-state index in [4.69, 9.17) is 0 Å². The van der Waals surface area contributed by atoms with Gasteiger partial charge in [0.1, 0.15) is 11.6 Å². The molecule has 1 aromatic heterocycles. The second-order valence-electron chi connectivity index (χ2n) is 10.2. The van der Waals surface area contributed by atoms with Crippen LogP contribution in [0.4, 0.5) is 20.3 Å². The van der Waals surface area contributed by atoms with Crippen molar-refractivity contribution in [3.05, 3.63) is 76.5 Å². The number of amides is 2. The van der Waals surface area contributed by atoms with Gasteiger partial charge in [-0.2, -0.15) is 5.10 Å². The topological polar surface area (TPSA) is 84.6 Å². The highest BCUT2D eigenvalue weighted by Crippen LogP contribution is 2.41. The molecule has 2 aliphatic rings. The van der Waals surface area contributed by atoms with Gasteiger partial charge in [0.2, 0.25) is 5.91 Å². The monoisotopic (exact) mass is 508 g/mol. The molecular weight excluding hydrogens is 478 g/mol. The molecule has 1 saturated heterocycles. The first-order valence-corrected chi connectivity index (χ1v) is 12.3. The van der Waals surface area contributed by atoms with Gasteiger partial charge in [0.15, 0.2) is 5.82 Å². The van der Waals surface area contributed by atoms with Gasteiger partial charge in [0.05, 0.1) is 24.2 Å². The number of fused-ring (bicyclic) bond motifs is 1. The van der Waals surface area contributed by atoms with Crippen molar-refractivity contribution in [1.29, 1.82) is 0 Å². The molecule has 0 aliphatic carbocycles. The number of nitrogens with zero attached hydrogens (tertiary/aromatic N) is 4. The van der Waals surface area contributed by atoms with E-state index in [-0.39, 0.29) is 30.3 Å². The fourth-order valence-corrected chi connectivity index (χ4v) is 5.07. The van der Waals surface area contributed by atoms with Crippen LogP contribution >= 0.6 is 0 Å². The highest BCUT2D eigenvalue weighted by atomic mass is 19.1. The first-order valence-electron chi connectivity index (χ1n) is 12.3. The Balaban J connectivity index is 1.27. The number of hydrogen-bond donors (Lipinski definition) is 2. The lowest BCUT2D eigenvalue weighted by Crippen LogP contribution is -2.44. The van der Waals surface area contributed by atoms with Crippen molar-refractivity contribution in [3.8, 4) is 0 Å². The normalized spacial score (nSPS) is 17.1. The maximum atomic E-state index is 13.6. The number of H-pyrrole nitrogens is 1. The number of benzene rings is 2. The van der Waals surface area contributed by atoms with Gasteiger partial charge in [-0.15, -0.1) is 0 Å². The minimum atomic E-state index is -0.738. The first-order chi connectivity index (χ1) is 17.6. The molecule has 2 aromatic carbocycles. The van der Waals surface area contributed by atoms with Crippen LogP contribution in [0.5, 0.6) is 0 Å². The Morgan fingerprint density at radius 1 is 1.03 bits per heavy atom. The Labute approximate surface area is 214 Å². The fourth-order valence-electron chi connectivity index (χ4n) is 5.07. The zero-order chi connectivity index (χ0) is 26.3. The van der Waals surface area contributed by atoms with Gasteiger partial charge in [0.25, 0.3) is 5.91 Å². The Bertz CT molecular complexity index is 1310. The molecule has 5 rings (SSSR count). The van der Waals surface area contributed by atoms with Gasteiger partial charge >= 0.3 is 0 Å². The van der Waals surface area contributed by atoms with E-state index in [1.165, 1.54) is 0 Å². The third-order valence-electron chi connectivity index (χ3n) is 7.28. The molecule has 2 N–H and O–H groups in total. The highest BCUT2D eigenvalue weighted by molar-refractivity contribution is 6.04. The molecule has 0 saturated carbocycles. The van der Waals surface area contributed by atoms with E-state index < -0.39 is 17.2 Å². The van der Waals surface area contributed by atoms with Gasteiger partial charge in [0, 0.05) is 49.1 Å². The van der Waals surface area contributed by atoms with Crippen LogP contribution in [0.3, 0.4) is 0 Å². The number of rotatable bonds is 5. The molecular formula is C27H30F2N6O2. The van der Waals surface area contributed by atoms with Crippen molar-refractivity contribution >= 4 is 23.3 Å². The van der Waals surface area contributed by atoms with Crippen molar-refractivity contribution in [2.75, 3.05) is 43.4 Å². The van der Waals surface area contributed by atoms with Crippen molar-refractivity contribution in [3.63, 3.8) is 0 Å². The average Bonchev–Trinajstić information content (AvgIpc) is 3.36. The van der Waals surface area contributed by atoms with Crippen LogP contribution in [0.15, 0.2) is 42.5 Å². The first kappa shape index (κ1) is 24.9. The second-order valence-corrected chi connectivity index (χ2v) is 10.2. The Hall–Kier alpha value is -3.79. The molecule has 1 fully saturated rings. The smallest absolute Gasteiger partial charge is 0.256 e. The van der Waals surface area contributed by atoms with Crippen LogP contribution in [-0.4, -0.2) is 65.0 Å². The third kappa shape index (κ3) is 4.93. The quantitative estimate of drug-likeness (QED) is 0.551. The maximum Gasteiger partial charge on any atom is 0.256 e. The van der Waals surface area contributed by atoms with Crippen LogP contribution in [0.25, 0.3) is 0 Å². The van der Waals surface area contributed by atoms with Crippen LogP contribution in [0.2, 0.25) is 0 Å². The van der Waals surface area contributed by atoms with Crippen molar-refractivity contribution in [2.24, 2.45) is 0 Å². The number of aromatic amines is 1. The Kier molecular flexibility index (Phi) is 6.45. The SMILES string of the molecule is CN1CCN(c2ccc(C(=O)Nc3n[nH]c4c3CN(C(=O)Cc3cc(F)cc(F)c3)C4(C)C)cc2)CC1. The lowest BCUT2D eigenvalue weighted by molar-refractivity contribution is -0.135. The van der Waals surface area contributed by atoms with E-state index in [0.29, 0.717) is 22.6 Å². The summed E-state index contributed by atoms with van der Waals surface area (Å²) < 4.78 is 27.2. The van der Waals surface area contributed by atoms with Crippen LogP contribution in [0.1, 0.15) is 41.0 Å². The average molecular weight is 509 g/mol. The van der Waals surface area contributed by atoms with Crippen molar-refractivity contribution in [1.82, 2.24) is 20.0 Å². The number of hydrogen-bond acceptors (Lipinski definition) is 5. The van der Waals surface area contributed by atoms with Gasteiger partial charge in [-0.25, -0.2) is 8.78 Å². The number of halogens is 2. The molecule has 3 aromatic rings. The molecule has 2 amide bonds. The number of aromatic nitrogens is 2. The fraction of sp³-hybridized carbons (Fsp3) is 0.370. The van der Waals surface area contributed by atoms with Crippen LogP contribution in [-0.2, 0) is 23.3 Å². The molecule has 8 nitrogen and oxygen atoms in total. The minimum absolute atomic E-state index is 0.142. The molecule has 0 atom stereocenters. The van der Waals surface area contributed by atoms with Crippen molar-refractivity contribution in [2.45, 2.75) is 32.4 Å². The van der Waals surface area contributed by atoms with Crippen LogP contribution < -0.4 is 10.2 Å². The predicted molar refractivity (Wildman–Crippen MR) is 136 cm³/mol. The second kappa shape index (κ2) is 9.59. The van der Waals surface area contributed by atoms with E-state index in [1.54, 1.807) is 17.0 Å². The lowest BCUT2D eigenvalue weighted by atomic mass is 10.00. The molecule has 0 radical (unpaired) electrons. The number of nitrogens with one attached hydrogen (secondary N) is 2. The zero-order valence-electron chi connectivity index (χ0n) is 21.1. The van der Waals surface area contributed by atoms with E-state index in [0.717, 1.165) is 50.1 Å². The summed E-state index contributed by atoms with van der Waals surface area (Å²) >= 11 is 0. The summed E-state index contributed by atoms with van der Waals surface area (Å²) in [7, 11) is 2.11. The van der Waals surface area contributed by atoms with E-state index >= 15 is 0 Å². The largest absolute Gasteiger partial charge is 0.369 e. The highest BCUT2D eigenvalue weighted by Gasteiger charge is 2.43. The number of piperazine rings is 1. The Morgan fingerprint density at radius 3 is 2.32 bits per heavy atom. The lowest BCUT2D eigenvalue weighted by Gasteiger charge is -2.34. The molecule has 2 aliphatic heterocycles. The van der Waals surface area contributed by atoms with E-state index in [2.05, 4.69) is 32.4 Å². The van der Waals surface area contributed by atoms with Gasteiger partial charge < -0.3 is 20.0 Å². The molecule has 0 bridgehead atoms. The summed E-state index contributed by atoms with van der Waals surface area (Å²) in [4.78, 5) is 32.3. The van der Waals surface area contributed by atoms with E-state index in [9.17, 15) is 18.4 Å². The van der Waals surface area contributed by atoms with E-state index in [1.807, 2.05) is 26.0 Å². The van der Waals surface area contributed by atoms with Gasteiger partial charge in [-0.1, -0.05) is 0 Å². The van der Waals surface area contributed by atoms with Gasteiger partial charge in [-0.3, -0.25) is 14.7 Å². The number of carbonyl (C=O) groups is 2. The summed E-state index contributed by atoms with van der Waals surface area (Å²) in [6.07, 6.45) is -0.142. The molecule has 10 heteroatoms. The third-order valence-corrected chi connectivity index (χ3v) is 7.28. The standard InChI is InChI=1S/C27H30F2N6O2/c1-27(2)24-22(16-35(27)23(36)14-17-12-19(28)15-20(29)13-17)25(32-31-24)30-26(37)18-4-6-21(7-5-18)34-10-8-33(3)9-11-34/h4-7,12-13,15H,8-11,14,16H2,1-3H3,(H2,30,31,32,37). The summed E-state index contributed by atoms with van der Waals surface area (Å²) in [6.45, 7) is 7.84. The molecule has 37 heavy (non-hydrogen) atoms. The molecule has 194 valence electrons. The molecule has 3 heterocycles. The minimum Gasteiger partial charge on any atom is -0.369 e. The zero-order valence-corrected chi connectivity index (χ0v) is 21.1. The Morgan fingerprint density at radius 2 is 1.68 bits per heavy atom. The van der Waals surface area contributed by atoms with Crippen molar-refractivity contribution < 1.29 is 18.4 Å². The summed E-state index contributed by atoms with van der Waals surface area (Å²) in [5.74, 6) is -1.66. The number of likely N-dealkylation sites (N-methyl/N-ethyl adjacent to an activating group) is 1. The van der Waals surface area contributed by atoms with Crippen LogP contribution in [0, 0.1) is 11.6 Å². The summed E-state index contributed by atoms with van der Waals surface area (Å²) in [5, 5.41) is 10.1. The molecule has 0 spiro atoms. The maximum absolute atomic E-state index is 13.6.